The lowest BCUT2D eigenvalue weighted by atomic mass is 9.92. The monoisotopic (exact) mass is 430 g/mol. The van der Waals surface area contributed by atoms with Crippen molar-refractivity contribution in [3.63, 3.8) is 0 Å². The second-order valence-corrected chi connectivity index (χ2v) is 10.1. The number of halogens is 1. The van der Waals surface area contributed by atoms with E-state index in [9.17, 15) is 13.2 Å². The van der Waals surface area contributed by atoms with Gasteiger partial charge < -0.3 is 14.8 Å². The molecule has 1 aromatic rings. The lowest BCUT2D eigenvalue weighted by Crippen LogP contribution is -2.35. The fourth-order valence-corrected chi connectivity index (χ4v) is 6.31. The molecule has 4 heterocycles. The summed E-state index contributed by atoms with van der Waals surface area (Å²) < 4.78 is 29.1. The Morgan fingerprint density at radius 3 is 2.25 bits per heavy atom. The van der Waals surface area contributed by atoms with Crippen molar-refractivity contribution >= 4 is 28.3 Å². The van der Waals surface area contributed by atoms with Crippen molar-refractivity contribution in [3.05, 3.63) is 18.0 Å². The van der Waals surface area contributed by atoms with Gasteiger partial charge in [0.2, 0.25) is 10.0 Å². The van der Waals surface area contributed by atoms with E-state index in [0.29, 0.717) is 30.6 Å². The van der Waals surface area contributed by atoms with Crippen LogP contribution in [0.1, 0.15) is 42.6 Å². The zero-order chi connectivity index (χ0) is 19.0. The summed E-state index contributed by atoms with van der Waals surface area (Å²) in [6, 6.07) is 1.57. The summed E-state index contributed by atoms with van der Waals surface area (Å²) in [7, 11) is -1.75. The molecule has 1 amide bonds. The lowest BCUT2D eigenvalue weighted by molar-refractivity contribution is 0.0749. The summed E-state index contributed by atoms with van der Waals surface area (Å²) in [5.41, 5.74) is 0.468. The van der Waals surface area contributed by atoms with Gasteiger partial charge in [0, 0.05) is 39.4 Å². The minimum absolute atomic E-state index is 0. The van der Waals surface area contributed by atoms with Gasteiger partial charge in [0.1, 0.15) is 10.6 Å². The molecule has 1 aromatic heterocycles. The van der Waals surface area contributed by atoms with Crippen LogP contribution in [0.2, 0.25) is 0 Å². The average molecular weight is 431 g/mol. The predicted molar refractivity (Wildman–Crippen MR) is 110 cm³/mol. The number of nitrogens with one attached hydrogen (secondary N) is 1. The molecule has 0 aromatic carbocycles. The topological polar surface area (TPSA) is 74.7 Å². The molecule has 28 heavy (non-hydrogen) atoms. The van der Waals surface area contributed by atoms with E-state index < -0.39 is 10.0 Å². The molecule has 3 fully saturated rings. The molecule has 0 saturated carbocycles. The molecule has 3 aliphatic heterocycles. The third kappa shape index (κ3) is 4.10. The maximum atomic E-state index is 13.1. The van der Waals surface area contributed by atoms with Crippen LogP contribution < -0.4 is 5.32 Å². The number of rotatable bonds is 3. The SMILES string of the molecule is Cl.Cn1cc(S(=O)(=O)N2CCCCC2)cc1C(=O)N1CC[C@@H]2CNC[C@@H]2CC1. The van der Waals surface area contributed by atoms with E-state index in [0.717, 1.165) is 58.3 Å². The van der Waals surface area contributed by atoms with Crippen LogP contribution >= 0.6 is 12.4 Å². The number of amides is 1. The van der Waals surface area contributed by atoms with E-state index in [2.05, 4.69) is 5.32 Å². The van der Waals surface area contributed by atoms with Crippen LogP contribution in [0.5, 0.6) is 0 Å². The number of carbonyl (C=O) groups is 1. The quantitative estimate of drug-likeness (QED) is 0.791. The summed E-state index contributed by atoms with van der Waals surface area (Å²) in [6.45, 7) is 4.75. The van der Waals surface area contributed by atoms with Crippen molar-refractivity contribution in [2.75, 3.05) is 39.3 Å². The molecule has 3 saturated heterocycles. The number of piperidine rings is 1. The van der Waals surface area contributed by atoms with E-state index in [1.54, 1.807) is 28.2 Å². The number of carbonyl (C=O) groups excluding carboxylic acids is 1. The Hall–Kier alpha value is -1.09. The third-order valence-electron chi connectivity index (χ3n) is 6.46. The van der Waals surface area contributed by atoms with Gasteiger partial charge in [-0.15, -0.1) is 12.4 Å². The van der Waals surface area contributed by atoms with Crippen LogP contribution in [-0.4, -0.2) is 67.4 Å². The van der Waals surface area contributed by atoms with Crippen molar-refractivity contribution in [2.24, 2.45) is 18.9 Å². The van der Waals surface area contributed by atoms with Gasteiger partial charge in [-0.3, -0.25) is 4.79 Å². The van der Waals surface area contributed by atoms with E-state index in [1.165, 1.54) is 0 Å². The van der Waals surface area contributed by atoms with Gasteiger partial charge in [0.05, 0.1) is 0 Å². The molecule has 0 spiro atoms. The molecule has 2 atom stereocenters. The van der Waals surface area contributed by atoms with Crippen LogP contribution in [0.4, 0.5) is 0 Å². The second kappa shape index (κ2) is 8.73. The predicted octanol–water partition coefficient (Wildman–Crippen LogP) is 1.69. The summed E-state index contributed by atoms with van der Waals surface area (Å²) in [4.78, 5) is 15.2. The van der Waals surface area contributed by atoms with Gasteiger partial charge in [-0.05, 0) is 56.7 Å². The van der Waals surface area contributed by atoms with Crippen molar-refractivity contribution in [1.29, 1.82) is 0 Å². The van der Waals surface area contributed by atoms with E-state index in [-0.39, 0.29) is 23.2 Å². The Morgan fingerprint density at radius 2 is 1.64 bits per heavy atom. The molecule has 3 aliphatic rings. The average Bonchev–Trinajstić information content (AvgIpc) is 3.24. The number of hydrogen-bond acceptors (Lipinski definition) is 4. The van der Waals surface area contributed by atoms with Crippen LogP contribution in [-0.2, 0) is 17.1 Å². The van der Waals surface area contributed by atoms with Gasteiger partial charge in [-0.1, -0.05) is 6.42 Å². The van der Waals surface area contributed by atoms with Crippen molar-refractivity contribution < 1.29 is 13.2 Å². The highest BCUT2D eigenvalue weighted by Crippen LogP contribution is 2.28. The standard InChI is InChI=1S/C19H30N4O3S.ClH/c1-21-14-17(27(25,26)23-7-3-2-4-8-23)11-18(21)19(24)22-9-5-15-12-20-13-16(15)6-10-22;/h11,14-16,20H,2-10,12-13H2,1H3;1H/t15-,16+;. The molecule has 0 aliphatic carbocycles. The number of aromatic nitrogens is 1. The first-order valence-electron chi connectivity index (χ1n) is 10.1. The summed E-state index contributed by atoms with van der Waals surface area (Å²) in [5, 5.41) is 3.45. The van der Waals surface area contributed by atoms with Gasteiger partial charge in [0.25, 0.3) is 5.91 Å². The van der Waals surface area contributed by atoms with E-state index in [1.807, 2.05) is 4.90 Å². The van der Waals surface area contributed by atoms with Gasteiger partial charge in [-0.25, -0.2) is 8.42 Å². The van der Waals surface area contributed by atoms with Crippen LogP contribution in [0.15, 0.2) is 17.2 Å². The fraction of sp³-hybridized carbons (Fsp3) is 0.737. The first-order chi connectivity index (χ1) is 13.0. The Bertz CT molecular complexity index is 790. The number of hydrogen-bond donors (Lipinski definition) is 1. The van der Waals surface area contributed by atoms with Crippen LogP contribution in [0, 0.1) is 11.8 Å². The Labute approximate surface area is 173 Å². The number of fused-ring (bicyclic) bond motifs is 1. The highest BCUT2D eigenvalue weighted by molar-refractivity contribution is 7.89. The molecule has 0 radical (unpaired) electrons. The first-order valence-corrected chi connectivity index (χ1v) is 11.6. The Balaban J connectivity index is 0.00000225. The van der Waals surface area contributed by atoms with E-state index >= 15 is 0 Å². The van der Waals surface area contributed by atoms with Crippen molar-refractivity contribution in [2.45, 2.75) is 37.0 Å². The van der Waals surface area contributed by atoms with Gasteiger partial charge in [0.15, 0.2) is 0 Å². The third-order valence-corrected chi connectivity index (χ3v) is 8.32. The van der Waals surface area contributed by atoms with Crippen LogP contribution in [0.3, 0.4) is 0 Å². The fourth-order valence-electron chi connectivity index (χ4n) is 4.73. The lowest BCUT2D eigenvalue weighted by Gasteiger charge is -2.25. The number of aryl methyl sites for hydroxylation is 1. The summed E-state index contributed by atoms with van der Waals surface area (Å²) >= 11 is 0. The number of sulfonamides is 1. The largest absolute Gasteiger partial charge is 0.345 e. The molecule has 1 N–H and O–H groups in total. The summed E-state index contributed by atoms with van der Waals surface area (Å²) in [5.74, 6) is 1.27. The maximum Gasteiger partial charge on any atom is 0.270 e. The van der Waals surface area contributed by atoms with Crippen molar-refractivity contribution in [1.82, 2.24) is 19.1 Å². The van der Waals surface area contributed by atoms with Gasteiger partial charge in [-0.2, -0.15) is 4.31 Å². The smallest absolute Gasteiger partial charge is 0.270 e. The molecule has 7 nitrogen and oxygen atoms in total. The molecule has 9 heteroatoms. The first kappa shape index (κ1) is 21.6. The number of nitrogens with zero attached hydrogens (tertiary/aromatic N) is 3. The molecule has 158 valence electrons. The van der Waals surface area contributed by atoms with Gasteiger partial charge >= 0.3 is 0 Å². The molecule has 0 unspecified atom stereocenters. The highest BCUT2D eigenvalue weighted by Gasteiger charge is 2.33. The molecular weight excluding hydrogens is 400 g/mol. The summed E-state index contributed by atoms with van der Waals surface area (Å²) in [6.07, 6.45) is 6.52. The van der Waals surface area contributed by atoms with Crippen LogP contribution in [0.25, 0.3) is 0 Å². The Morgan fingerprint density at radius 1 is 1.04 bits per heavy atom. The Kier molecular flexibility index (Phi) is 6.74. The minimum Gasteiger partial charge on any atom is -0.345 e. The molecule has 0 bridgehead atoms. The second-order valence-electron chi connectivity index (χ2n) is 8.18. The van der Waals surface area contributed by atoms with E-state index in [4.69, 9.17) is 0 Å². The maximum absolute atomic E-state index is 13.1. The molecular formula is C19H31ClN4O3S. The number of likely N-dealkylation sites (tertiary alicyclic amines) is 1. The normalized spacial score (nSPS) is 26.4. The zero-order valence-electron chi connectivity index (χ0n) is 16.5. The zero-order valence-corrected chi connectivity index (χ0v) is 18.1. The minimum atomic E-state index is -3.51. The van der Waals surface area contributed by atoms with Crippen molar-refractivity contribution in [3.8, 4) is 0 Å². The molecule has 4 rings (SSSR count). The highest BCUT2D eigenvalue weighted by atomic mass is 35.5.